The van der Waals surface area contributed by atoms with Crippen molar-refractivity contribution >= 4 is 0 Å². The fourth-order valence-electron chi connectivity index (χ4n) is 7.71. The molecule has 0 aliphatic carbocycles. The van der Waals surface area contributed by atoms with E-state index in [0.717, 1.165) is 11.1 Å². The average Bonchev–Trinajstić information content (AvgIpc) is 3.89. The Hall–Kier alpha value is -5.56. The van der Waals surface area contributed by atoms with E-state index in [0.29, 0.717) is 18.8 Å². The van der Waals surface area contributed by atoms with E-state index in [4.69, 9.17) is 52.1 Å². The maximum Gasteiger partial charge on any atom is 0.204 e. The molecule has 326 valence electrons. The Morgan fingerprint density at radius 2 is 0.900 bits per heavy atom. The fraction of sp³-hybridized carbons (Fsp3) is 0.442. The summed E-state index contributed by atoms with van der Waals surface area (Å²) in [4.78, 5) is 0. The van der Waals surface area contributed by atoms with Crippen molar-refractivity contribution in [2.24, 2.45) is 11.8 Å². The third-order valence-electron chi connectivity index (χ3n) is 10.9. The van der Waals surface area contributed by atoms with E-state index in [9.17, 15) is 30.6 Å². The van der Waals surface area contributed by atoms with Gasteiger partial charge < -0.3 is 82.7 Å². The van der Waals surface area contributed by atoms with Crippen molar-refractivity contribution < 1.29 is 82.7 Å². The average molecular weight is 841 g/mol. The highest BCUT2D eigenvalue weighted by Crippen LogP contribution is 2.54. The minimum Gasteiger partial charge on any atom is -0.504 e. The monoisotopic (exact) mass is 840 g/mol. The van der Waals surface area contributed by atoms with Crippen LogP contribution in [0.1, 0.15) is 46.7 Å². The number of hydrogen-bond acceptors (Lipinski definition) is 17. The Kier molecular flexibility index (Phi) is 14.1. The lowest BCUT2D eigenvalue weighted by molar-refractivity contribution is -0.00211. The predicted molar refractivity (Wildman–Crippen MR) is 212 cm³/mol. The summed E-state index contributed by atoms with van der Waals surface area (Å²) in [5.41, 5.74) is 2.00. The van der Waals surface area contributed by atoms with Crippen LogP contribution in [0.3, 0.4) is 0 Å². The minimum atomic E-state index is -1.39. The van der Waals surface area contributed by atoms with Gasteiger partial charge in [-0.2, -0.15) is 0 Å². The van der Waals surface area contributed by atoms with Gasteiger partial charge in [0.1, 0.15) is 12.2 Å². The molecule has 0 bridgehead atoms. The molecule has 0 radical (unpaired) electrons. The molecule has 0 unspecified atom stereocenters. The van der Waals surface area contributed by atoms with Gasteiger partial charge in [0.25, 0.3) is 0 Å². The van der Waals surface area contributed by atoms with E-state index in [-0.39, 0.29) is 80.6 Å². The van der Waals surface area contributed by atoms with Gasteiger partial charge in [-0.15, -0.1) is 0 Å². The molecular weight excluding hydrogens is 788 g/mol. The standard InChI is InChI=1S/C43H52O17/c1-50-28-9-8-21(10-27(28)46)37(47)35(17-44)59-42-31(53-4)13-23(14-32(42)54-5)40-25-19-58-41(26(25)20-57-40)24-15-33(55-6)43(34(16-24)56-7)60-36(18-45)38(48)22-11-29(51-2)39(49)30(12-22)52-3/h8-16,25-26,35-38,40-41,44-49H,17-20H2,1-7H3/t25-,26-,35+,36-,37-,38-,40+,41+/m1/s1. The second-order valence-electron chi connectivity index (χ2n) is 14.1. The van der Waals surface area contributed by atoms with Crippen LogP contribution in [0.15, 0.2) is 54.6 Å². The van der Waals surface area contributed by atoms with Gasteiger partial charge in [0.2, 0.25) is 17.2 Å². The van der Waals surface area contributed by atoms with Gasteiger partial charge in [-0.05, 0) is 70.8 Å². The van der Waals surface area contributed by atoms with Crippen LogP contribution in [0, 0.1) is 11.8 Å². The number of phenolic OH excluding ortho intramolecular Hbond substituents is 2. The van der Waals surface area contributed by atoms with Gasteiger partial charge in [-0.25, -0.2) is 0 Å². The second-order valence-corrected chi connectivity index (χ2v) is 14.1. The predicted octanol–water partition coefficient (Wildman–Crippen LogP) is 4.18. The number of phenols is 2. The lowest BCUT2D eigenvalue weighted by Gasteiger charge is -2.26. The molecule has 8 atom stereocenters. The van der Waals surface area contributed by atoms with Crippen LogP contribution in [0.4, 0.5) is 0 Å². The number of benzene rings is 4. The molecule has 6 N–H and O–H groups in total. The Bertz CT molecular complexity index is 2020. The van der Waals surface area contributed by atoms with Gasteiger partial charge >= 0.3 is 0 Å². The summed E-state index contributed by atoms with van der Waals surface area (Å²) in [7, 11) is 9.98. The molecule has 0 amide bonds. The highest BCUT2D eigenvalue weighted by molar-refractivity contribution is 5.57. The number of ether oxygens (including phenoxy) is 11. The Morgan fingerprint density at radius 3 is 1.25 bits per heavy atom. The van der Waals surface area contributed by atoms with Crippen molar-refractivity contribution in [1.29, 1.82) is 0 Å². The van der Waals surface area contributed by atoms with Crippen LogP contribution < -0.4 is 42.6 Å². The van der Waals surface area contributed by atoms with Gasteiger partial charge in [0.05, 0.1) is 88.4 Å². The van der Waals surface area contributed by atoms with Crippen LogP contribution in [0.25, 0.3) is 0 Å². The van der Waals surface area contributed by atoms with Gasteiger partial charge in [0.15, 0.2) is 58.2 Å². The van der Waals surface area contributed by atoms with Crippen LogP contribution in [0.2, 0.25) is 0 Å². The smallest absolute Gasteiger partial charge is 0.204 e. The molecule has 0 spiro atoms. The number of methoxy groups -OCH3 is 7. The number of aliphatic hydroxyl groups is 4. The third-order valence-corrected chi connectivity index (χ3v) is 10.9. The van der Waals surface area contributed by atoms with E-state index < -0.39 is 49.8 Å². The molecule has 2 fully saturated rings. The molecule has 17 nitrogen and oxygen atoms in total. The summed E-state index contributed by atoms with van der Waals surface area (Å²) in [5.74, 6) is 1.08. The number of aliphatic hydroxyl groups excluding tert-OH is 4. The summed E-state index contributed by atoms with van der Waals surface area (Å²) in [6.45, 7) is -0.486. The summed E-state index contributed by atoms with van der Waals surface area (Å²) in [6.07, 6.45) is -5.98. The van der Waals surface area contributed by atoms with Crippen molar-refractivity contribution in [3.63, 3.8) is 0 Å². The maximum absolute atomic E-state index is 11.3. The largest absolute Gasteiger partial charge is 0.504 e. The van der Waals surface area contributed by atoms with Crippen LogP contribution in [-0.2, 0) is 9.47 Å². The molecule has 2 aliphatic heterocycles. The topological polar surface area (TPSA) is 223 Å². The molecular formula is C43H52O17. The SMILES string of the molecule is COc1ccc([C@@H](O)[C@H](CO)Oc2c(OC)cc([C@@H]3OC[C@@H]4[C@H]3CO[C@H]4c3cc(OC)c(O[C@H](CO)[C@H](O)c4cc(OC)c(O)c(OC)c4)c(OC)c3)cc2OC)cc1O. The molecule has 6 rings (SSSR count). The molecule has 0 saturated carbocycles. The molecule has 0 aromatic heterocycles. The van der Waals surface area contributed by atoms with Gasteiger partial charge in [-0.1, -0.05) is 6.07 Å². The van der Waals surface area contributed by atoms with E-state index >= 15 is 0 Å². The highest BCUT2D eigenvalue weighted by atomic mass is 16.6. The first-order valence-electron chi connectivity index (χ1n) is 19.0. The van der Waals surface area contributed by atoms with Crippen LogP contribution >= 0.6 is 0 Å². The van der Waals surface area contributed by atoms with E-state index in [1.54, 1.807) is 30.3 Å². The Morgan fingerprint density at radius 1 is 0.517 bits per heavy atom. The van der Waals surface area contributed by atoms with Gasteiger partial charge in [0, 0.05) is 11.8 Å². The van der Waals surface area contributed by atoms with Gasteiger partial charge in [-0.3, -0.25) is 0 Å². The number of hydrogen-bond donors (Lipinski definition) is 6. The first-order chi connectivity index (χ1) is 29.0. The minimum absolute atomic E-state index is 0.0636. The van der Waals surface area contributed by atoms with Crippen molar-refractivity contribution in [2.75, 3.05) is 76.2 Å². The normalized spacial score (nSPS) is 20.3. The highest BCUT2D eigenvalue weighted by Gasteiger charge is 2.49. The summed E-state index contributed by atoms with van der Waals surface area (Å²) in [5, 5.41) is 63.7. The fourth-order valence-corrected chi connectivity index (χ4v) is 7.71. The second kappa shape index (κ2) is 19.2. The van der Waals surface area contributed by atoms with Crippen molar-refractivity contribution in [2.45, 2.75) is 36.6 Å². The first-order valence-corrected chi connectivity index (χ1v) is 19.0. The summed E-state index contributed by atoms with van der Waals surface area (Å²) < 4.78 is 63.7. The number of aromatic hydroxyl groups is 2. The van der Waals surface area contributed by atoms with Crippen molar-refractivity contribution in [3.05, 3.63) is 76.9 Å². The zero-order valence-electron chi connectivity index (χ0n) is 34.3. The van der Waals surface area contributed by atoms with Crippen molar-refractivity contribution in [1.82, 2.24) is 0 Å². The number of rotatable bonds is 19. The Balaban J connectivity index is 1.22. The molecule has 4 aromatic carbocycles. The quantitative estimate of drug-likeness (QED) is 0.0779. The van der Waals surface area contributed by atoms with Crippen molar-refractivity contribution in [3.8, 4) is 63.2 Å². The first kappa shape index (κ1) is 44.0. The van der Waals surface area contributed by atoms with E-state index in [1.807, 2.05) is 0 Å². The van der Waals surface area contributed by atoms with E-state index in [2.05, 4.69) is 0 Å². The van der Waals surface area contributed by atoms with Crippen LogP contribution in [-0.4, -0.2) is 119 Å². The third kappa shape index (κ3) is 8.54. The molecule has 2 heterocycles. The number of fused-ring (bicyclic) bond motifs is 1. The molecule has 2 aliphatic rings. The molecule has 2 saturated heterocycles. The lowest BCUT2D eigenvalue weighted by atomic mass is 9.84. The van der Waals surface area contributed by atoms with E-state index in [1.165, 1.54) is 74.0 Å². The molecule has 4 aromatic rings. The Labute approximate surface area is 347 Å². The lowest BCUT2D eigenvalue weighted by Crippen LogP contribution is -2.29. The van der Waals surface area contributed by atoms with Crippen LogP contribution in [0.5, 0.6) is 63.2 Å². The molecule has 17 heteroatoms. The zero-order chi connectivity index (χ0) is 43.2. The zero-order valence-corrected chi connectivity index (χ0v) is 34.3. The molecule has 60 heavy (non-hydrogen) atoms. The summed E-state index contributed by atoms with van der Waals surface area (Å²) in [6, 6.07) is 14.2. The maximum atomic E-state index is 11.3. The summed E-state index contributed by atoms with van der Waals surface area (Å²) >= 11 is 0.